The zero-order valence-corrected chi connectivity index (χ0v) is 18.5. The summed E-state index contributed by atoms with van der Waals surface area (Å²) < 4.78 is 27.8. The standard InChI is InChI=1S/C22H23ClN4O2S/c1-16-7-8-17(2)21(15-16)30(28,29)27-13-11-26(12-14-27)22-10-9-20(24-25-22)18-5-3-4-6-19(18)23/h3-10,15H,11-14H2,1-2H3. The molecule has 1 aromatic heterocycles. The Balaban J connectivity index is 1.47. The van der Waals surface area contributed by atoms with E-state index in [1.54, 1.807) is 10.4 Å². The molecular weight excluding hydrogens is 420 g/mol. The summed E-state index contributed by atoms with van der Waals surface area (Å²) in [7, 11) is -3.51. The number of halogens is 1. The van der Waals surface area contributed by atoms with Gasteiger partial charge in [0.05, 0.1) is 15.6 Å². The Bertz CT molecular complexity index is 1160. The van der Waals surface area contributed by atoms with Crippen molar-refractivity contribution >= 4 is 27.4 Å². The molecule has 30 heavy (non-hydrogen) atoms. The number of nitrogens with zero attached hydrogens (tertiary/aromatic N) is 4. The maximum atomic E-state index is 13.1. The average Bonchev–Trinajstić information content (AvgIpc) is 2.76. The molecule has 0 atom stereocenters. The van der Waals surface area contributed by atoms with Crippen molar-refractivity contribution in [2.45, 2.75) is 18.7 Å². The SMILES string of the molecule is Cc1ccc(C)c(S(=O)(=O)N2CCN(c3ccc(-c4ccccc4Cl)nn3)CC2)c1. The topological polar surface area (TPSA) is 66.4 Å². The molecule has 0 radical (unpaired) electrons. The number of aromatic nitrogens is 2. The van der Waals surface area contributed by atoms with Crippen LogP contribution < -0.4 is 4.90 Å². The number of anilines is 1. The monoisotopic (exact) mass is 442 g/mol. The minimum absolute atomic E-state index is 0.389. The Hall–Kier alpha value is -2.48. The van der Waals surface area contributed by atoms with E-state index in [-0.39, 0.29) is 0 Å². The Morgan fingerprint density at radius 2 is 1.63 bits per heavy atom. The molecule has 4 rings (SSSR count). The van der Waals surface area contributed by atoms with Crippen LogP contribution in [0.3, 0.4) is 0 Å². The van der Waals surface area contributed by atoms with Crippen LogP contribution in [-0.4, -0.2) is 49.1 Å². The van der Waals surface area contributed by atoms with Crippen LogP contribution in [0.4, 0.5) is 5.82 Å². The van der Waals surface area contributed by atoms with Crippen LogP contribution in [0.15, 0.2) is 59.5 Å². The molecule has 0 unspecified atom stereocenters. The lowest BCUT2D eigenvalue weighted by Gasteiger charge is -2.34. The van der Waals surface area contributed by atoms with Gasteiger partial charge in [-0.05, 0) is 49.2 Å². The molecule has 1 aliphatic rings. The van der Waals surface area contributed by atoms with Crippen molar-refractivity contribution < 1.29 is 8.42 Å². The van der Waals surface area contributed by atoms with E-state index in [0.717, 1.165) is 22.5 Å². The van der Waals surface area contributed by atoms with Crippen molar-refractivity contribution in [2.75, 3.05) is 31.1 Å². The van der Waals surface area contributed by atoms with Gasteiger partial charge in [0.15, 0.2) is 5.82 Å². The second-order valence-electron chi connectivity index (χ2n) is 7.42. The van der Waals surface area contributed by atoms with Crippen LogP contribution >= 0.6 is 11.6 Å². The average molecular weight is 443 g/mol. The van der Waals surface area contributed by atoms with Crippen molar-refractivity contribution in [1.82, 2.24) is 14.5 Å². The van der Waals surface area contributed by atoms with E-state index in [4.69, 9.17) is 11.6 Å². The number of rotatable bonds is 4. The molecule has 1 fully saturated rings. The first kappa shape index (κ1) is 20.8. The molecule has 2 aromatic carbocycles. The molecule has 8 heteroatoms. The van der Waals surface area contributed by atoms with Crippen molar-refractivity contribution in [3.8, 4) is 11.3 Å². The van der Waals surface area contributed by atoms with Crippen LogP contribution in [0.5, 0.6) is 0 Å². The van der Waals surface area contributed by atoms with Crippen LogP contribution in [0.2, 0.25) is 5.02 Å². The number of hydrogen-bond donors (Lipinski definition) is 0. The fourth-order valence-electron chi connectivity index (χ4n) is 3.59. The zero-order chi connectivity index (χ0) is 21.3. The summed E-state index contributed by atoms with van der Waals surface area (Å²) in [6.07, 6.45) is 0. The van der Waals surface area contributed by atoms with Gasteiger partial charge in [-0.1, -0.05) is 41.9 Å². The minimum atomic E-state index is -3.51. The molecule has 1 aliphatic heterocycles. The van der Waals surface area contributed by atoms with Gasteiger partial charge >= 0.3 is 0 Å². The molecule has 0 bridgehead atoms. The van der Waals surface area contributed by atoms with Crippen molar-refractivity contribution in [1.29, 1.82) is 0 Å². The Kier molecular flexibility index (Phi) is 5.77. The predicted molar refractivity (Wildman–Crippen MR) is 119 cm³/mol. The lowest BCUT2D eigenvalue weighted by Crippen LogP contribution is -2.49. The number of hydrogen-bond acceptors (Lipinski definition) is 5. The van der Waals surface area contributed by atoms with Gasteiger partial charge in [0.1, 0.15) is 0 Å². The van der Waals surface area contributed by atoms with E-state index in [1.165, 1.54) is 0 Å². The molecule has 0 N–H and O–H groups in total. The Morgan fingerprint density at radius 1 is 0.900 bits per heavy atom. The predicted octanol–water partition coefficient (Wildman–Crippen LogP) is 3.92. The summed E-state index contributed by atoms with van der Waals surface area (Å²) in [5.74, 6) is 0.731. The second kappa shape index (κ2) is 8.34. The third kappa shape index (κ3) is 4.05. The van der Waals surface area contributed by atoms with Crippen LogP contribution in [0.25, 0.3) is 11.3 Å². The lowest BCUT2D eigenvalue weighted by atomic mass is 10.1. The molecule has 0 aliphatic carbocycles. The zero-order valence-electron chi connectivity index (χ0n) is 16.9. The van der Waals surface area contributed by atoms with Gasteiger partial charge in [-0.3, -0.25) is 0 Å². The van der Waals surface area contributed by atoms with E-state index >= 15 is 0 Å². The van der Waals surface area contributed by atoms with Crippen LogP contribution in [-0.2, 0) is 10.0 Å². The summed E-state index contributed by atoms with van der Waals surface area (Å²) in [4.78, 5) is 2.44. The van der Waals surface area contributed by atoms with Crippen molar-refractivity contribution in [3.05, 3.63) is 70.7 Å². The second-order valence-corrected chi connectivity index (χ2v) is 9.73. The summed E-state index contributed by atoms with van der Waals surface area (Å²) in [5, 5.41) is 9.28. The lowest BCUT2D eigenvalue weighted by molar-refractivity contribution is 0.383. The highest BCUT2D eigenvalue weighted by atomic mass is 35.5. The van der Waals surface area contributed by atoms with Crippen LogP contribution in [0.1, 0.15) is 11.1 Å². The van der Waals surface area contributed by atoms with Gasteiger partial charge < -0.3 is 4.90 Å². The molecular formula is C22H23ClN4O2S. The fourth-order valence-corrected chi connectivity index (χ4v) is 5.55. The third-order valence-corrected chi connectivity index (χ3v) is 7.69. The quantitative estimate of drug-likeness (QED) is 0.612. The smallest absolute Gasteiger partial charge is 0.243 e. The molecule has 0 saturated carbocycles. The Morgan fingerprint density at radius 3 is 2.30 bits per heavy atom. The van der Waals surface area contributed by atoms with Gasteiger partial charge in [0.25, 0.3) is 0 Å². The van der Waals surface area contributed by atoms with E-state index < -0.39 is 10.0 Å². The maximum absolute atomic E-state index is 13.1. The van der Waals surface area contributed by atoms with Crippen LogP contribution in [0, 0.1) is 13.8 Å². The summed E-state index contributed by atoms with van der Waals surface area (Å²) in [5.41, 5.74) is 3.25. The summed E-state index contributed by atoms with van der Waals surface area (Å²) in [6.45, 7) is 5.67. The highest BCUT2D eigenvalue weighted by Crippen LogP contribution is 2.27. The van der Waals surface area contributed by atoms with Gasteiger partial charge in [-0.15, -0.1) is 10.2 Å². The normalized spacial score (nSPS) is 15.4. The summed E-state index contributed by atoms with van der Waals surface area (Å²) >= 11 is 6.24. The number of aryl methyl sites for hydroxylation is 2. The fraction of sp³-hybridized carbons (Fsp3) is 0.273. The number of piperazine rings is 1. The molecule has 1 saturated heterocycles. The van der Waals surface area contributed by atoms with Crippen molar-refractivity contribution in [2.24, 2.45) is 0 Å². The third-order valence-electron chi connectivity index (χ3n) is 5.32. The highest BCUT2D eigenvalue weighted by Gasteiger charge is 2.30. The van der Waals surface area contributed by atoms with Gasteiger partial charge in [-0.2, -0.15) is 4.31 Å². The number of benzene rings is 2. The van der Waals surface area contributed by atoms with Crippen molar-refractivity contribution in [3.63, 3.8) is 0 Å². The van der Waals surface area contributed by atoms with E-state index in [1.807, 2.05) is 62.4 Å². The largest absolute Gasteiger partial charge is 0.352 e. The first-order valence-corrected chi connectivity index (χ1v) is 11.6. The van der Waals surface area contributed by atoms with E-state index in [9.17, 15) is 8.42 Å². The summed E-state index contributed by atoms with van der Waals surface area (Å²) in [6, 6.07) is 16.8. The maximum Gasteiger partial charge on any atom is 0.243 e. The molecule has 6 nitrogen and oxygen atoms in total. The number of sulfonamides is 1. The molecule has 0 spiro atoms. The van der Waals surface area contributed by atoms with Gasteiger partial charge in [0, 0.05) is 31.7 Å². The van der Waals surface area contributed by atoms with E-state index in [0.29, 0.717) is 41.8 Å². The Labute approximate surface area is 182 Å². The first-order chi connectivity index (χ1) is 14.4. The molecule has 2 heterocycles. The van der Waals surface area contributed by atoms with E-state index in [2.05, 4.69) is 15.1 Å². The minimum Gasteiger partial charge on any atom is -0.352 e. The van der Waals surface area contributed by atoms with Gasteiger partial charge in [0.2, 0.25) is 10.0 Å². The molecule has 0 amide bonds. The molecule has 156 valence electrons. The highest BCUT2D eigenvalue weighted by molar-refractivity contribution is 7.89. The first-order valence-electron chi connectivity index (χ1n) is 9.77. The molecule has 3 aromatic rings. The van der Waals surface area contributed by atoms with Gasteiger partial charge in [-0.25, -0.2) is 8.42 Å².